The summed E-state index contributed by atoms with van der Waals surface area (Å²) in [6.45, 7) is 39.1. The standard InChI is InChI=1S/C49H80O12Si3/c1-18-29-51-40-38-36(31-53-44(58-38)35-27-23-20-24-28-35)57-46(43(40)61-64(16,17)49(9,10)11)59-39-37(32-54-62(12,13)47(3,4)5)56-45(52-30-34-25-21-19-22-26-34)42(55-33(2)50)41(39)60-63(14,15)48(6,7)8/h18-28,36-46H,1,29-32H2,2-17H3/t36-,37-,38+,39-,40+,41+,42-,43-,44?,45+,46+/m1/s1. The Kier molecular flexibility index (Phi) is 17.4. The number of carbonyl (C=O) groups is 1. The number of rotatable bonds is 17. The summed E-state index contributed by atoms with van der Waals surface area (Å²) >= 11 is 0. The van der Waals surface area contributed by atoms with Gasteiger partial charge in [0.1, 0.15) is 42.7 Å². The van der Waals surface area contributed by atoms with E-state index < -0.39 is 98.6 Å². The molecule has 12 nitrogen and oxygen atoms in total. The Hall–Kier alpha value is -2.10. The average molecular weight is 945 g/mol. The highest BCUT2D eigenvalue weighted by molar-refractivity contribution is 6.75. The molecule has 0 amide bonds. The molecule has 0 radical (unpaired) electrons. The highest BCUT2D eigenvalue weighted by Crippen LogP contribution is 2.46. The molecule has 3 aliphatic rings. The van der Waals surface area contributed by atoms with Gasteiger partial charge in [0.15, 0.2) is 49.9 Å². The molecule has 1 unspecified atom stereocenters. The van der Waals surface area contributed by atoms with Gasteiger partial charge in [-0.25, -0.2) is 0 Å². The van der Waals surface area contributed by atoms with Crippen LogP contribution >= 0.6 is 0 Å². The van der Waals surface area contributed by atoms with Crippen molar-refractivity contribution in [1.82, 2.24) is 0 Å². The van der Waals surface area contributed by atoms with E-state index in [1.807, 2.05) is 60.7 Å². The Bertz CT molecular complexity index is 1790. The van der Waals surface area contributed by atoms with E-state index in [2.05, 4.69) is 108 Å². The fourth-order valence-electron chi connectivity index (χ4n) is 7.14. The Morgan fingerprint density at radius 1 is 0.688 bits per heavy atom. The van der Waals surface area contributed by atoms with E-state index in [4.69, 9.17) is 51.2 Å². The molecule has 0 saturated carbocycles. The lowest BCUT2D eigenvalue weighted by Crippen LogP contribution is -2.69. The first-order valence-corrected chi connectivity index (χ1v) is 31.7. The molecule has 3 saturated heterocycles. The zero-order valence-corrected chi connectivity index (χ0v) is 44.6. The number of benzene rings is 2. The van der Waals surface area contributed by atoms with Gasteiger partial charge in [0.2, 0.25) is 0 Å². The fraction of sp³-hybridized carbons (Fsp3) is 0.694. The van der Waals surface area contributed by atoms with Gasteiger partial charge in [0, 0.05) is 12.5 Å². The van der Waals surface area contributed by atoms with Crippen LogP contribution in [-0.2, 0) is 62.6 Å². The van der Waals surface area contributed by atoms with Gasteiger partial charge in [-0.2, -0.15) is 0 Å². The Balaban J connectivity index is 1.65. The summed E-state index contributed by atoms with van der Waals surface area (Å²) < 4.78 is 76.0. The molecule has 2 aromatic rings. The number of esters is 1. The monoisotopic (exact) mass is 944 g/mol. The van der Waals surface area contributed by atoms with Gasteiger partial charge in [-0.15, -0.1) is 6.58 Å². The van der Waals surface area contributed by atoms with E-state index in [0.29, 0.717) is 0 Å². The van der Waals surface area contributed by atoms with Crippen molar-refractivity contribution in [2.24, 2.45) is 0 Å². The Labute approximate surface area is 387 Å². The van der Waals surface area contributed by atoms with Gasteiger partial charge in [0.05, 0.1) is 26.4 Å². The molecular weight excluding hydrogens is 865 g/mol. The second kappa shape index (κ2) is 21.0. The van der Waals surface area contributed by atoms with Crippen LogP contribution in [0.5, 0.6) is 0 Å². The van der Waals surface area contributed by atoms with Crippen LogP contribution in [0.2, 0.25) is 54.4 Å². The van der Waals surface area contributed by atoms with Crippen molar-refractivity contribution in [2.45, 2.75) is 198 Å². The molecule has 0 bridgehead atoms. The molecule has 0 aliphatic carbocycles. The molecule has 2 aromatic carbocycles. The first kappa shape index (κ1) is 52.9. The van der Waals surface area contributed by atoms with Crippen LogP contribution in [0.4, 0.5) is 0 Å². The van der Waals surface area contributed by atoms with E-state index in [-0.39, 0.29) is 41.5 Å². The minimum Gasteiger partial charge on any atom is -0.454 e. The molecule has 64 heavy (non-hydrogen) atoms. The lowest BCUT2D eigenvalue weighted by Gasteiger charge is -2.54. The maximum Gasteiger partial charge on any atom is 0.303 e. The van der Waals surface area contributed by atoms with Crippen molar-refractivity contribution in [3.05, 3.63) is 84.4 Å². The lowest BCUT2D eigenvalue weighted by atomic mass is 9.96. The third-order valence-electron chi connectivity index (χ3n) is 14.1. The van der Waals surface area contributed by atoms with E-state index in [1.165, 1.54) is 6.92 Å². The van der Waals surface area contributed by atoms with Gasteiger partial charge in [-0.1, -0.05) is 129 Å². The van der Waals surface area contributed by atoms with Gasteiger partial charge < -0.3 is 51.2 Å². The van der Waals surface area contributed by atoms with Crippen molar-refractivity contribution in [1.29, 1.82) is 0 Å². The van der Waals surface area contributed by atoms with Crippen molar-refractivity contribution < 1.29 is 56.0 Å². The Morgan fingerprint density at radius 3 is 1.80 bits per heavy atom. The maximum absolute atomic E-state index is 13.2. The summed E-state index contributed by atoms with van der Waals surface area (Å²) in [7, 11) is -7.61. The second-order valence-electron chi connectivity index (χ2n) is 22.1. The molecule has 3 aliphatic heterocycles. The molecule has 3 heterocycles. The summed E-state index contributed by atoms with van der Waals surface area (Å²) in [5, 5.41) is -0.523. The van der Waals surface area contributed by atoms with Gasteiger partial charge in [-0.3, -0.25) is 4.79 Å². The first-order chi connectivity index (χ1) is 29.7. The van der Waals surface area contributed by atoms with Crippen LogP contribution < -0.4 is 0 Å². The first-order valence-electron chi connectivity index (χ1n) is 23.0. The average Bonchev–Trinajstić information content (AvgIpc) is 3.20. The van der Waals surface area contributed by atoms with Crippen LogP contribution in [0.3, 0.4) is 0 Å². The predicted molar refractivity (Wildman–Crippen MR) is 256 cm³/mol. The van der Waals surface area contributed by atoms with Crippen molar-refractivity contribution >= 4 is 30.9 Å². The summed E-state index contributed by atoms with van der Waals surface area (Å²) in [6.07, 6.45) is -7.20. The molecule has 3 fully saturated rings. The quantitative estimate of drug-likeness (QED) is 0.0853. The lowest BCUT2D eigenvalue weighted by molar-refractivity contribution is -0.385. The highest BCUT2D eigenvalue weighted by atomic mass is 28.4. The zero-order valence-electron chi connectivity index (χ0n) is 41.6. The van der Waals surface area contributed by atoms with Gasteiger partial charge in [0.25, 0.3) is 0 Å². The second-order valence-corrected chi connectivity index (χ2v) is 36.4. The molecule has 11 atom stereocenters. The van der Waals surface area contributed by atoms with Crippen molar-refractivity contribution in [3.8, 4) is 0 Å². The number of fused-ring (bicyclic) bond motifs is 1. The molecule has 0 spiro atoms. The minimum absolute atomic E-state index is 0.101. The molecule has 15 heteroatoms. The normalized spacial score (nSPS) is 29.8. The molecule has 0 aromatic heterocycles. The zero-order chi connectivity index (χ0) is 47.5. The third kappa shape index (κ3) is 12.9. The summed E-state index contributed by atoms with van der Waals surface area (Å²) in [4.78, 5) is 13.2. The number of carbonyl (C=O) groups excluding carboxylic acids is 1. The van der Waals surface area contributed by atoms with E-state index >= 15 is 0 Å². The highest BCUT2D eigenvalue weighted by Gasteiger charge is 2.59. The Morgan fingerprint density at radius 2 is 1.25 bits per heavy atom. The predicted octanol–water partition coefficient (Wildman–Crippen LogP) is 10.5. The minimum atomic E-state index is -2.66. The summed E-state index contributed by atoms with van der Waals surface area (Å²) in [6, 6.07) is 19.7. The fourth-order valence-corrected chi connectivity index (χ4v) is 10.7. The topological polar surface area (TPSA) is 119 Å². The van der Waals surface area contributed by atoms with Crippen molar-refractivity contribution in [2.75, 3.05) is 19.8 Å². The molecule has 360 valence electrons. The van der Waals surface area contributed by atoms with E-state index in [0.717, 1.165) is 11.1 Å². The van der Waals surface area contributed by atoms with Crippen molar-refractivity contribution in [3.63, 3.8) is 0 Å². The van der Waals surface area contributed by atoms with Crippen LogP contribution in [0.15, 0.2) is 73.3 Å². The maximum atomic E-state index is 13.2. The largest absolute Gasteiger partial charge is 0.454 e. The number of hydrogen-bond donors (Lipinski definition) is 0. The number of hydrogen-bond acceptors (Lipinski definition) is 12. The van der Waals surface area contributed by atoms with Crippen LogP contribution in [0, 0.1) is 0 Å². The van der Waals surface area contributed by atoms with Crippen LogP contribution in [0.1, 0.15) is 86.7 Å². The smallest absolute Gasteiger partial charge is 0.303 e. The summed E-state index contributed by atoms with van der Waals surface area (Å²) in [5.74, 6) is -0.501. The molecule has 0 N–H and O–H groups in total. The van der Waals surface area contributed by atoms with E-state index in [9.17, 15) is 4.79 Å². The molecular formula is C49H80O12Si3. The molecule has 5 rings (SSSR count). The third-order valence-corrected chi connectivity index (χ3v) is 27.5. The van der Waals surface area contributed by atoms with Gasteiger partial charge in [-0.05, 0) is 60.0 Å². The number of ether oxygens (including phenoxy) is 8. The van der Waals surface area contributed by atoms with Crippen LogP contribution in [-0.4, -0.2) is 112 Å². The SMILES string of the molecule is C=CCO[C@H]1[C@H]2OC(c3ccccc3)OC[C@H]2O[C@@H](O[C@H]2[C@H](O[Si](C)(C)C(C)(C)C)[C@@H](OC(C)=O)[C@@H](OCc3ccccc3)O[C@@H]2CO[Si](C)(C)C(C)(C)C)[C@@H]1O[Si](C)(C)C(C)(C)C. The van der Waals surface area contributed by atoms with Gasteiger partial charge >= 0.3 is 5.97 Å². The summed E-state index contributed by atoms with van der Waals surface area (Å²) in [5.41, 5.74) is 1.83. The van der Waals surface area contributed by atoms with Crippen LogP contribution in [0.25, 0.3) is 0 Å². The van der Waals surface area contributed by atoms with E-state index in [1.54, 1.807) is 6.08 Å².